The summed E-state index contributed by atoms with van der Waals surface area (Å²) >= 11 is 5.76. The molecule has 8 nitrogen and oxygen atoms in total. The van der Waals surface area contributed by atoms with Gasteiger partial charge in [-0.15, -0.1) is 24.0 Å². The zero-order valence-corrected chi connectivity index (χ0v) is 25.2. The normalized spacial score (nSPS) is 9.78. The van der Waals surface area contributed by atoms with E-state index in [0.29, 0.717) is 19.0 Å². The number of rotatable bonds is 12. The molecule has 0 aromatic heterocycles. The van der Waals surface area contributed by atoms with Crippen LogP contribution in [-0.2, 0) is 22.3 Å². The number of hydrogen-bond acceptors (Lipinski definition) is 7. The number of alkyl halides is 1. The lowest BCUT2D eigenvalue weighted by Gasteiger charge is -2.20. The highest BCUT2D eigenvalue weighted by Gasteiger charge is 2.04. The van der Waals surface area contributed by atoms with Gasteiger partial charge in [0, 0.05) is 64.9 Å². The number of nitrogens with zero attached hydrogens (tertiary/aromatic N) is 3. The first-order valence-corrected chi connectivity index (χ1v) is 14.7. The number of benzene rings is 2. The van der Waals surface area contributed by atoms with Crippen LogP contribution in [0.15, 0.2) is 60.7 Å². The van der Waals surface area contributed by atoms with Gasteiger partial charge in [0.2, 0.25) is 9.23 Å². The molecular formula is C24H39Cl4N3O5S. The average molecular weight is 623 g/mol. The standard InChI is InChI=1S/C12H18ClN.C11H17NO2.CH3NO2.Cl2OS.ClH/c1-2-9-14(10-8-13)11-12-6-4-3-5-7-12;13-8-6-12(7-9-14)10-11-4-2-1-3-5-11;1-2(3)4;1-4(2)3;/h3-7H,2,8-11H2,1H3;1-5,13-14H,6-10H2;1H3;;1H. The van der Waals surface area contributed by atoms with Crippen molar-refractivity contribution in [3.05, 3.63) is 81.9 Å². The summed E-state index contributed by atoms with van der Waals surface area (Å²) < 4.78 is 9.09. The van der Waals surface area contributed by atoms with Crippen molar-refractivity contribution in [3.8, 4) is 0 Å². The first-order valence-electron chi connectivity index (χ1n) is 11.3. The molecule has 2 N–H and O–H groups in total. The zero-order valence-electron chi connectivity index (χ0n) is 21.3. The minimum Gasteiger partial charge on any atom is -0.395 e. The van der Waals surface area contributed by atoms with Crippen molar-refractivity contribution in [2.75, 3.05) is 52.3 Å². The van der Waals surface area contributed by atoms with E-state index < -0.39 is 14.2 Å². The Hall–Kier alpha value is -1.01. The summed E-state index contributed by atoms with van der Waals surface area (Å²) in [4.78, 5) is 12.7. The molecule has 0 saturated heterocycles. The van der Waals surface area contributed by atoms with Crippen molar-refractivity contribution < 1.29 is 19.3 Å². The summed E-state index contributed by atoms with van der Waals surface area (Å²) in [5.41, 5.74) is 2.57. The van der Waals surface area contributed by atoms with Gasteiger partial charge in [-0.1, -0.05) is 67.6 Å². The molecule has 0 aliphatic heterocycles. The van der Waals surface area contributed by atoms with Crippen molar-refractivity contribution in [2.24, 2.45) is 0 Å². The minimum absolute atomic E-state index is 0. The van der Waals surface area contributed by atoms with Gasteiger partial charge in [-0.3, -0.25) is 19.9 Å². The summed E-state index contributed by atoms with van der Waals surface area (Å²) in [6.45, 7) is 7.58. The van der Waals surface area contributed by atoms with E-state index >= 15 is 0 Å². The van der Waals surface area contributed by atoms with E-state index in [1.54, 1.807) is 0 Å². The van der Waals surface area contributed by atoms with E-state index in [2.05, 4.69) is 63.5 Å². The van der Waals surface area contributed by atoms with Crippen LogP contribution in [0.25, 0.3) is 0 Å². The van der Waals surface area contributed by atoms with E-state index in [9.17, 15) is 0 Å². The van der Waals surface area contributed by atoms with Crippen LogP contribution >= 0.6 is 45.4 Å². The molecule has 2 aromatic carbocycles. The molecule has 0 aliphatic rings. The Kier molecular flexibility index (Phi) is 32.3. The molecule has 0 spiro atoms. The van der Waals surface area contributed by atoms with Crippen molar-refractivity contribution in [1.82, 2.24) is 9.80 Å². The molecule has 2 aromatic rings. The number of nitro groups is 1. The Bertz CT molecular complexity index is 698. The van der Waals surface area contributed by atoms with Gasteiger partial charge in [0.1, 0.15) is 0 Å². The Morgan fingerprint density at radius 1 is 0.838 bits per heavy atom. The van der Waals surface area contributed by atoms with E-state index in [0.717, 1.165) is 33.2 Å². The van der Waals surface area contributed by atoms with Crippen molar-refractivity contribution in [3.63, 3.8) is 0 Å². The SMILES string of the molecule is CCCN(CCCl)Cc1ccccc1.C[N+](=O)[O-].Cl.O=S(Cl)Cl.OCCN(CCO)Cc1ccccc1. The molecule has 0 aliphatic carbocycles. The second-order valence-electron chi connectivity index (χ2n) is 7.28. The van der Waals surface area contributed by atoms with Gasteiger partial charge in [-0.05, 0) is 24.1 Å². The smallest absolute Gasteiger partial charge is 0.211 e. The molecule has 0 unspecified atom stereocenters. The minimum atomic E-state index is -1.67. The third kappa shape index (κ3) is 31.1. The Labute approximate surface area is 243 Å². The summed E-state index contributed by atoms with van der Waals surface area (Å²) in [5.74, 6) is 0.715. The van der Waals surface area contributed by atoms with Crippen LogP contribution in [0.3, 0.4) is 0 Å². The number of hydrogen-bond donors (Lipinski definition) is 2. The quantitative estimate of drug-likeness (QED) is 0.149. The van der Waals surface area contributed by atoms with Gasteiger partial charge in [0.15, 0.2) is 7.05 Å². The van der Waals surface area contributed by atoms with Gasteiger partial charge in [0.25, 0.3) is 0 Å². The highest BCUT2D eigenvalue weighted by atomic mass is 36.0. The van der Waals surface area contributed by atoms with Crippen molar-refractivity contribution in [1.29, 1.82) is 0 Å². The van der Waals surface area contributed by atoms with Crippen LogP contribution in [-0.4, -0.2) is 81.5 Å². The van der Waals surface area contributed by atoms with Crippen LogP contribution in [0.1, 0.15) is 24.5 Å². The zero-order chi connectivity index (χ0) is 27.6. The molecule has 0 saturated carbocycles. The van der Waals surface area contributed by atoms with Gasteiger partial charge < -0.3 is 10.2 Å². The second-order valence-corrected chi connectivity index (χ2v) is 10.2. The van der Waals surface area contributed by atoms with Gasteiger partial charge in [0.05, 0.1) is 13.2 Å². The van der Waals surface area contributed by atoms with Crippen LogP contribution in [0.4, 0.5) is 0 Å². The summed E-state index contributed by atoms with van der Waals surface area (Å²) in [5, 5.41) is 26.4. The predicted molar refractivity (Wildman–Crippen MR) is 159 cm³/mol. The number of aliphatic hydroxyl groups excluding tert-OH is 2. The topological polar surface area (TPSA) is 107 Å². The largest absolute Gasteiger partial charge is 0.395 e. The lowest BCUT2D eigenvalue weighted by molar-refractivity contribution is -0.445. The highest BCUT2D eigenvalue weighted by Crippen LogP contribution is 2.05. The summed E-state index contributed by atoms with van der Waals surface area (Å²) in [6, 6.07) is 20.6. The van der Waals surface area contributed by atoms with Gasteiger partial charge in [-0.25, -0.2) is 4.21 Å². The maximum atomic E-state index is 9.09. The summed E-state index contributed by atoms with van der Waals surface area (Å²) in [7, 11) is 8.25. The maximum absolute atomic E-state index is 9.09. The lowest BCUT2D eigenvalue weighted by Crippen LogP contribution is -2.29. The molecule has 0 amide bonds. The average Bonchev–Trinajstić information content (AvgIpc) is 2.81. The molecule has 0 atom stereocenters. The van der Waals surface area contributed by atoms with E-state index in [-0.39, 0.29) is 25.6 Å². The highest BCUT2D eigenvalue weighted by molar-refractivity contribution is 8.26. The molecule has 0 radical (unpaired) electrons. The van der Waals surface area contributed by atoms with Crippen LogP contribution < -0.4 is 0 Å². The fourth-order valence-electron chi connectivity index (χ4n) is 2.94. The van der Waals surface area contributed by atoms with Crippen molar-refractivity contribution >= 4 is 54.6 Å². The van der Waals surface area contributed by atoms with E-state index in [1.807, 2.05) is 35.2 Å². The second kappa shape index (κ2) is 29.5. The Morgan fingerprint density at radius 2 is 1.16 bits per heavy atom. The van der Waals surface area contributed by atoms with E-state index in [1.165, 1.54) is 17.5 Å². The van der Waals surface area contributed by atoms with Gasteiger partial charge >= 0.3 is 0 Å². The number of halogens is 4. The Balaban J connectivity index is -0.000000476. The number of aliphatic hydroxyl groups is 2. The molecule has 37 heavy (non-hydrogen) atoms. The molecule has 13 heteroatoms. The van der Waals surface area contributed by atoms with Crippen molar-refractivity contribution in [2.45, 2.75) is 26.4 Å². The van der Waals surface area contributed by atoms with Crippen LogP contribution in [0.5, 0.6) is 0 Å². The fourth-order valence-corrected chi connectivity index (χ4v) is 3.18. The van der Waals surface area contributed by atoms with Gasteiger partial charge in [-0.2, -0.15) is 0 Å². The molecule has 2 rings (SSSR count). The third-order valence-electron chi connectivity index (χ3n) is 4.27. The Morgan fingerprint density at radius 3 is 1.43 bits per heavy atom. The maximum Gasteiger partial charge on any atom is 0.211 e. The first kappa shape index (κ1) is 40.5. The fraction of sp³-hybridized carbons (Fsp3) is 0.500. The molecular weight excluding hydrogens is 584 g/mol. The van der Waals surface area contributed by atoms with Crippen LogP contribution in [0.2, 0.25) is 0 Å². The molecule has 0 bridgehead atoms. The predicted octanol–water partition coefficient (Wildman–Crippen LogP) is 4.97. The molecule has 0 heterocycles. The van der Waals surface area contributed by atoms with Crippen LogP contribution in [0, 0.1) is 10.1 Å². The first-order chi connectivity index (χ1) is 17.2. The lowest BCUT2D eigenvalue weighted by atomic mass is 10.2. The third-order valence-corrected chi connectivity index (χ3v) is 4.44. The van der Waals surface area contributed by atoms with E-state index in [4.69, 9.17) is 36.1 Å². The summed E-state index contributed by atoms with van der Waals surface area (Å²) in [6.07, 6.45) is 1.18. The monoisotopic (exact) mass is 621 g/mol. The molecule has 214 valence electrons. The molecule has 0 fully saturated rings.